The van der Waals surface area contributed by atoms with Crippen LogP contribution in [0.15, 0.2) is 36.5 Å². The Morgan fingerprint density at radius 1 is 1.35 bits per heavy atom. The first-order chi connectivity index (χ1) is 9.49. The van der Waals surface area contributed by atoms with E-state index in [1.165, 1.54) is 5.56 Å². The summed E-state index contributed by atoms with van der Waals surface area (Å²) >= 11 is 0. The molecule has 1 aromatic carbocycles. The van der Waals surface area contributed by atoms with E-state index in [9.17, 15) is 9.59 Å². The van der Waals surface area contributed by atoms with Crippen LogP contribution < -0.4 is 4.90 Å². The summed E-state index contributed by atoms with van der Waals surface area (Å²) in [6, 6.07) is 7.98. The maximum atomic E-state index is 12.1. The van der Waals surface area contributed by atoms with Crippen LogP contribution in [-0.4, -0.2) is 11.7 Å². The van der Waals surface area contributed by atoms with E-state index in [1.807, 2.05) is 31.2 Å². The number of anilines is 1. The highest BCUT2D eigenvalue weighted by molar-refractivity contribution is 6.00. The van der Waals surface area contributed by atoms with Gasteiger partial charge in [-0.2, -0.15) is 0 Å². The average molecular weight is 271 g/mol. The molecule has 0 bridgehead atoms. The molecule has 106 valence electrons. The van der Waals surface area contributed by atoms with Crippen LogP contribution in [0.3, 0.4) is 0 Å². The van der Waals surface area contributed by atoms with Crippen molar-refractivity contribution in [2.45, 2.75) is 39.5 Å². The molecule has 0 saturated carbocycles. The lowest BCUT2D eigenvalue weighted by Gasteiger charge is -2.18. The van der Waals surface area contributed by atoms with Crippen LogP contribution in [0.1, 0.15) is 38.7 Å². The summed E-state index contributed by atoms with van der Waals surface area (Å²) in [5.41, 5.74) is 2.95. The molecule has 1 saturated heterocycles. The molecule has 1 aromatic rings. The molecule has 2 rings (SSSR count). The van der Waals surface area contributed by atoms with Crippen molar-refractivity contribution in [2.75, 3.05) is 4.90 Å². The van der Waals surface area contributed by atoms with Gasteiger partial charge in [0.05, 0.1) is 0 Å². The highest BCUT2D eigenvalue weighted by Crippen LogP contribution is 2.31. The van der Waals surface area contributed by atoms with Gasteiger partial charge in [-0.15, -0.1) is 0 Å². The molecule has 0 radical (unpaired) electrons. The highest BCUT2D eigenvalue weighted by Gasteiger charge is 2.32. The van der Waals surface area contributed by atoms with Gasteiger partial charge in [-0.3, -0.25) is 9.69 Å². The SMILES string of the molecule is C=C1CC(C)C(=O)N1c1ccc(CCCC(C)=O)cc1. The number of ketones is 1. The smallest absolute Gasteiger partial charge is 0.234 e. The summed E-state index contributed by atoms with van der Waals surface area (Å²) in [4.78, 5) is 24.7. The average Bonchev–Trinajstić information content (AvgIpc) is 2.64. The monoisotopic (exact) mass is 271 g/mol. The van der Waals surface area contributed by atoms with Crippen molar-refractivity contribution in [2.24, 2.45) is 5.92 Å². The first kappa shape index (κ1) is 14.5. The minimum absolute atomic E-state index is 0.0257. The van der Waals surface area contributed by atoms with E-state index < -0.39 is 0 Å². The molecule has 1 fully saturated rings. The number of allylic oxidation sites excluding steroid dienone is 1. The molecule has 0 aliphatic carbocycles. The van der Waals surface area contributed by atoms with Gasteiger partial charge in [0.2, 0.25) is 5.91 Å². The molecule has 1 amide bonds. The molecule has 1 atom stereocenters. The Kier molecular flexibility index (Phi) is 4.38. The summed E-state index contributed by atoms with van der Waals surface area (Å²) in [6.07, 6.45) is 3.13. The maximum absolute atomic E-state index is 12.1. The van der Waals surface area contributed by atoms with E-state index in [1.54, 1.807) is 11.8 Å². The van der Waals surface area contributed by atoms with Gasteiger partial charge in [0, 0.05) is 23.7 Å². The van der Waals surface area contributed by atoms with Crippen molar-refractivity contribution in [1.82, 2.24) is 0 Å². The quantitative estimate of drug-likeness (QED) is 0.822. The Morgan fingerprint density at radius 2 is 2.00 bits per heavy atom. The Labute approximate surface area is 120 Å². The van der Waals surface area contributed by atoms with Crippen molar-refractivity contribution in [3.63, 3.8) is 0 Å². The number of aryl methyl sites for hydroxylation is 1. The predicted octanol–water partition coefficient (Wildman–Crippen LogP) is 3.48. The zero-order valence-corrected chi connectivity index (χ0v) is 12.2. The summed E-state index contributed by atoms with van der Waals surface area (Å²) in [6.45, 7) is 7.53. The number of carbonyl (C=O) groups excluding carboxylic acids is 2. The van der Waals surface area contributed by atoms with Crippen LogP contribution in [0, 0.1) is 5.92 Å². The van der Waals surface area contributed by atoms with Gasteiger partial charge in [-0.1, -0.05) is 25.6 Å². The van der Waals surface area contributed by atoms with E-state index in [0.717, 1.165) is 30.6 Å². The van der Waals surface area contributed by atoms with Crippen LogP contribution >= 0.6 is 0 Å². The third kappa shape index (κ3) is 3.16. The van der Waals surface area contributed by atoms with Gasteiger partial charge in [-0.25, -0.2) is 0 Å². The second-order valence-corrected chi connectivity index (χ2v) is 5.57. The number of nitrogens with zero attached hydrogens (tertiary/aromatic N) is 1. The summed E-state index contributed by atoms with van der Waals surface area (Å²) < 4.78 is 0. The summed E-state index contributed by atoms with van der Waals surface area (Å²) in [5, 5.41) is 0. The first-order valence-corrected chi connectivity index (χ1v) is 7.09. The van der Waals surface area contributed by atoms with Crippen LogP contribution in [0.25, 0.3) is 0 Å². The summed E-state index contributed by atoms with van der Waals surface area (Å²) in [7, 11) is 0. The zero-order valence-electron chi connectivity index (χ0n) is 12.2. The van der Waals surface area contributed by atoms with Crippen molar-refractivity contribution < 1.29 is 9.59 Å². The molecule has 1 aliphatic heterocycles. The Hall–Kier alpha value is -1.90. The largest absolute Gasteiger partial charge is 0.300 e. The topological polar surface area (TPSA) is 37.4 Å². The Balaban J connectivity index is 2.03. The molecule has 1 heterocycles. The number of hydrogen-bond acceptors (Lipinski definition) is 2. The first-order valence-electron chi connectivity index (χ1n) is 7.09. The van der Waals surface area contributed by atoms with Gasteiger partial charge in [0.1, 0.15) is 5.78 Å². The van der Waals surface area contributed by atoms with Crippen LogP contribution in [0.4, 0.5) is 5.69 Å². The van der Waals surface area contributed by atoms with E-state index in [-0.39, 0.29) is 17.6 Å². The zero-order chi connectivity index (χ0) is 14.7. The fraction of sp³-hybridized carbons (Fsp3) is 0.412. The number of benzene rings is 1. The molecular weight excluding hydrogens is 250 g/mol. The number of rotatable bonds is 5. The lowest BCUT2D eigenvalue weighted by Crippen LogP contribution is -2.24. The maximum Gasteiger partial charge on any atom is 0.234 e. The number of Topliss-reactive ketones (excluding diaryl/α,β-unsaturated/α-hetero) is 1. The van der Waals surface area contributed by atoms with Crippen molar-refractivity contribution >= 4 is 17.4 Å². The van der Waals surface area contributed by atoms with Crippen molar-refractivity contribution in [1.29, 1.82) is 0 Å². The van der Waals surface area contributed by atoms with Crippen LogP contribution in [0.5, 0.6) is 0 Å². The second-order valence-electron chi connectivity index (χ2n) is 5.57. The van der Waals surface area contributed by atoms with E-state index >= 15 is 0 Å². The molecule has 0 aromatic heterocycles. The molecule has 20 heavy (non-hydrogen) atoms. The molecule has 1 aliphatic rings. The molecule has 3 nitrogen and oxygen atoms in total. The summed E-state index contributed by atoms with van der Waals surface area (Å²) in [5.74, 6) is 0.381. The Bertz CT molecular complexity index is 530. The van der Waals surface area contributed by atoms with E-state index in [0.29, 0.717) is 6.42 Å². The number of amides is 1. The fourth-order valence-electron chi connectivity index (χ4n) is 2.57. The van der Waals surface area contributed by atoms with Gasteiger partial charge in [0.15, 0.2) is 0 Å². The molecule has 0 N–H and O–H groups in total. The third-order valence-corrected chi connectivity index (χ3v) is 3.69. The van der Waals surface area contributed by atoms with Gasteiger partial charge < -0.3 is 4.79 Å². The van der Waals surface area contributed by atoms with Gasteiger partial charge in [-0.05, 0) is 43.9 Å². The Morgan fingerprint density at radius 3 is 2.50 bits per heavy atom. The molecule has 3 heteroatoms. The van der Waals surface area contributed by atoms with Gasteiger partial charge >= 0.3 is 0 Å². The lowest BCUT2D eigenvalue weighted by atomic mass is 10.1. The fourth-order valence-corrected chi connectivity index (χ4v) is 2.57. The van der Waals surface area contributed by atoms with Crippen LogP contribution in [-0.2, 0) is 16.0 Å². The predicted molar refractivity (Wildman–Crippen MR) is 80.5 cm³/mol. The van der Waals surface area contributed by atoms with Crippen molar-refractivity contribution in [3.8, 4) is 0 Å². The number of carbonyl (C=O) groups is 2. The normalized spacial score (nSPS) is 18.7. The lowest BCUT2D eigenvalue weighted by molar-refractivity contribution is -0.120. The van der Waals surface area contributed by atoms with Gasteiger partial charge in [0.25, 0.3) is 0 Å². The third-order valence-electron chi connectivity index (χ3n) is 3.69. The van der Waals surface area contributed by atoms with E-state index in [2.05, 4.69) is 6.58 Å². The van der Waals surface area contributed by atoms with Crippen molar-refractivity contribution in [3.05, 3.63) is 42.1 Å². The molecule has 0 spiro atoms. The molecular formula is C17H21NO2. The minimum Gasteiger partial charge on any atom is -0.300 e. The van der Waals surface area contributed by atoms with E-state index in [4.69, 9.17) is 0 Å². The number of hydrogen-bond donors (Lipinski definition) is 0. The standard InChI is InChI=1S/C17H21NO2/c1-12-11-13(2)18(17(12)20)16-9-7-15(8-10-16)6-4-5-14(3)19/h7-10,12H,2,4-6,11H2,1,3H3. The second kappa shape index (κ2) is 6.04. The molecule has 1 unspecified atom stereocenters. The van der Waals surface area contributed by atoms with Crippen LogP contribution in [0.2, 0.25) is 0 Å². The minimum atomic E-state index is 0.0257. The highest BCUT2D eigenvalue weighted by atomic mass is 16.2.